The van der Waals surface area contributed by atoms with Crippen molar-refractivity contribution >= 4 is 11.7 Å². The fourth-order valence-corrected chi connectivity index (χ4v) is 1.73. The number of aromatic carboxylic acids is 1. The molecule has 0 aliphatic rings. The number of rotatable bonds is 3. The van der Waals surface area contributed by atoms with Crippen molar-refractivity contribution in [3.05, 3.63) is 48.0 Å². The highest BCUT2D eigenvalue weighted by Crippen LogP contribution is 2.25. The minimum atomic E-state index is -0.989. The third-order valence-electron chi connectivity index (χ3n) is 2.63. The zero-order valence-corrected chi connectivity index (χ0v) is 9.88. The normalized spacial score (nSPS) is 10.1. The maximum Gasteiger partial charge on any atom is 0.335 e. The van der Waals surface area contributed by atoms with Gasteiger partial charge in [-0.3, -0.25) is 0 Å². The Morgan fingerprint density at radius 2 is 1.78 bits per heavy atom. The monoisotopic (exact) mass is 243 g/mol. The fraction of sp³-hybridized carbons (Fsp3) is 0.0714. The Morgan fingerprint density at radius 3 is 2.33 bits per heavy atom. The van der Waals surface area contributed by atoms with E-state index in [1.54, 1.807) is 19.2 Å². The number of nitrogens with two attached hydrogens (primary N) is 1. The van der Waals surface area contributed by atoms with E-state index in [9.17, 15) is 4.79 Å². The molecule has 0 aromatic heterocycles. The van der Waals surface area contributed by atoms with Gasteiger partial charge in [-0.25, -0.2) is 4.79 Å². The average molecular weight is 243 g/mol. The summed E-state index contributed by atoms with van der Waals surface area (Å²) in [7, 11) is 1.60. The van der Waals surface area contributed by atoms with E-state index in [1.807, 2.05) is 24.3 Å². The maximum absolute atomic E-state index is 11.0. The summed E-state index contributed by atoms with van der Waals surface area (Å²) in [6.45, 7) is 0. The van der Waals surface area contributed by atoms with E-state index in [2.05, 4.69) is 0 Å². The van der Waals surface area contributed by atoms with Crippen molar-refractivity contribution in [2.75, 3.05) is 12.8 Å². The van der Waals surface area contributed by atoms with Gasteiger partial charge in [-0.15, -0.1) is 0 Å². The Kier molecular flexibility index (Phi) is 3.19. The molecule has 4 nitrogen and oxygen atoms in total. The van der Waals surface area contributed by atoms with Crippen LogP contribution in [0.2, 0.25) is 0 Å². The molecule has 92 valence electrons. The van der Waals surface area contributed by atoms with Crippen LogP contribution in [0.15, 0.2) is 42.5 Å². The molecule has 0 fully saturated rings. The lowest BCUT2D eigenvalue weighted by atomic mass is 10.0. The molecule has 0 saturated heterocycles. The van der Waals surface area contributed by atoms with Crippen LogP contribution in [-0.4, -0.2) is 18.2 Å². The smallest absolute Gasteiger partial charge is 0.335 e. The standard InChI is InChI=1S/C14H13NO3/c1-18-13-4-2-9(3-5-13)10-6-11(14(16)17)8-12(15)7-10/h2-8H,15H2,1H3,(H,16,17). The topological polar surface area (TPSA) is 72.5 Å². The van der Waals surface area contributed by atoms with Crippen LogP contribution in [0.3, 0.4) is 0 Å². The first-order valence-corrected chi connectivity index (χ1v) is 5.38. The summed E-state index contributed by atoms with van der Waals surface area (Å²) in [4.78, 5) is 11.0. The Bertz CT molecular complexity index is 576. The van der Waals surface area contributed by atoms with Gasteiger partial charge in [0.15, 0.2) is 0 Å². The van der Waals surface area contributed by atoms with Crippen molar-refractivity contribution in [3.63, 3.8) is 0 Å². The molecule has 2 aromatic rings. The van der Waals surface area contributed by atoms with Crippen LogP contribution in [0.1, 0.15) is 10.4 Å². The van der Waals surface area contributed by atoms with Gasteiger partial charge in [0, 0.05) is 5.69 Å². The number of carbonyl (C=O) groups is 1. The van der Waals surface area contributed by atoms with Gasteiger partial charge in [-0.2, -0.15) is 0 Å². The van der Waals surface area contributed by atoms with Crippen molar-refractivity contribution in [1.82, 2.24) is 0 Å². The molecule has 0 bridgehead atoms. The van der Waals surface area contributed by atoms with Crippen molar-refractivity contribution in [2.45, 2.75) is 0 Å². The Morgan fingerprint density at radius 1 is 1.11 bits per heavy atom. The second-order valence-corrected chi connectivity index (χ2v) is 3.88. The van der Waals surface area contributed by atoms with Gasteiger partial charge in [0.05, 0.1) is 12.7 Å². The molecule has 0 aliphatic heterocycles. The van der Waals surface area contributed by atoms with Crippen LogP contribution in [0.25, 0.3) is 11.1 Å². The summed E-state index contributed by atoms with van der Waals surface area (Å²) in [5.41, 5.74) is 7.98. The van der Waals surface area contributed by atoms with E-state index < -0.39 is 5.97 Å². The molecule has 3 N–H and O–H groups in total. The van der Waals surface area contributed by atoms with E-state index in [0.717, 1.165) is 16.9 Å². The lowest BCUT2D eigenvalue weighted by molar-refractivity contribution is 0.0697. The molecule has 18 heavy (non-hydrogen) atoms. The highest BCUT2D eigenvalue weighted by Gasteiger charge is 2.07. The molecule has 0 aliphatic carbocycles. The van der Waals surface area contributed by atoms with Gasteiger partial charge in [-0.1, -0.05) is 12.1 Å². The number of anilines is 1. The van der Waals surface area contributed by atoms with Crippen LogP contribution in [0.5, 0.6) is 5.75 Å². The number of carboxylic acids is 1. The fourth-order valence-electron chi connectivity index (χ4n) is 1.73. The number of hydrogen-bond donors (Lipinski definition) is 2. The molecule has 0 amide bonds. The number of ether oxygens (including phenoxy) is 1. The van der Waals surface area contributed by atoms with E-state index in [-0.39, 0.29) is 5.56 Å². The first-order valence-electron chi connectivity index (χ1n) is 5.38. The van der Waals surface area contributed by atoms with Crippen LogP contribution >= 0.6 is 0 Å². The van der Waals surface area contributed by atoms with Gasteiger partial charge in [0.25, 0.3) is 0 Å². The van der Waals surface area contributed by atoms with E-state index in [0.29, 0.717) is 5.69 Å². The molecule has 0 radical (unpaired) electrons. The highest BCUT2D eigenvalue weighted by molar-refractivity contribution is 5.91. The summed E-state index contributed by atoms with van der Waals surface area (Å²) in [6, 6.07) is 12.1. The van der Waals surface area contributed by atoms with Gasteiger partial charge in [0.1, 0.15) is 5.75 Å². The molecule has 0 atom stereocenters. The molecule has 0 spiro atoms. The van der Waals surface area contributed by atoms with Crippen molar-refractivity contribution in [3.8, 4) is 16.9 Å². The van der Waals surface area contributed by atoms with Gasteiger partial charge in [-0.05, 0) is 41.5 Å². The zero-order chi connectivity index (χ0) is 13.1. The quantitative estimate of drug-likeness (QED) is 0.813. The minimum Gasteiger partial charge on any atom is -0.497 e. The largest absolute Gasteiger partial charge is 0.497 e. The number of methoxy groups -OCH3 is 1. The summed E-state index contributed by atoms with van der Waals surface area (Å²) in [5.74, 6) is -0.238. The second-order valence-electron chi connectivity index (χ2n) is 3.88. The molecule has 0 heterocycles. The number of benzene rings is 2. The highest BCUT2D eigenvalue weighted by atomic mass is 16.5. The summed E-state index contributed by atoms with van der Waals surface area (Å²) < 4.78 is 5.07. The predicted molar refractivity (Wildman–Crippen MR) is 69.8 cm³/mol. The maximum atomic E-state index is 11.0. The first-order chi connectivity index (χ1) is 8.60. The SMILES string of the molecule is COc1ccc(-c2cc(N)cc(C(=O)O)c2)cc1. The van der Waals surface area contributed by atoms with E-state index >= 15 is 0 Å². The van der Waals surface area contributed by atoms with Crippen molar-refractivity contribution in [2.24, 2.45) is 0 Å². The van der Waals surface area contributed by atoms with E-state index in [1.165, 1.54) is 6.07 Å². The zero-order valence-electron chi connectivity index (χ0n) is 9.88. The number of nitrogen functional groups attached to an aromatic ring is 1. The third-order valence-corrected chi connectivity index (χ3v) is 2.63. The van der Waals surface area contributed by atoms with Crippen molar-refractivity contribution < 1.29 is 14.6 Å². The van der Waals surface area contributed by atoms with Gasteiger partial charge < -0.3 is 15.6 Å². The molecular weight excluding hydrogens is 230 g/mol. The predicted octanol–water partition coefficient (Wildman–Crippen LogP) is 2.64. The van der Waals surface area contributed by atoms with Crippen molar-refractivity contribution in [1.29, 1.82) is 0 Å². The van der Waals surface area contributed by atoms with Gasteiger partial charge in [0.2, 0.25) is 0 Å². The van der Waals surface area contributed by atoms with Gasteiger partial charge >= 0.3 is 5.97 Å². The first kappa shape index (κ1) is 12.0. The number of carboxylic acid groups (broad SMARTS) is 1. The Balaban J connectivity index is 2.46. The van der Waals surface area contributed by atoms with Crippen LogP contribution in [-0.2, 0) is 0 Å². The molecule has 0 unspecified atom stereocenters. The number of hydrogen-bond acceptors (Lipinski definition) is 3. The van der Waals surface area contributed by atoms with E-state index in [4.69, 9.17) is 15.6 Å². The van der Waals surface area contributed by atoms with Crippen LogP contribution in [0.4, 0.5) is 5.69 Å². The lowest BCUT2D eigenvalue weighted by Gasteiger charge is -2.06. The van der Waals surface area contributed by atoms with Crippen LogP contribution in [0, 0.1) is 0 Å². The minimum absolute atomic E-state index is 0.181. The summed E-state index contributed by atoms with van der Waals surface area (Å²) in [5, 5.41) is 8.99. The molecule has 2 rings (SSSR count). The Hall–Kier alpha value is -2.49. The molecule has 2 aromatic carbocycles. The molecule has 4 heteroatoms. The lowest BCUT2D eigenvalue weighted by Crippen LogP contribution is -1.98. The molecular formula is C14H13NO3. The van der Waals surface area contributed by atoms with Crippen LogP contribution < -0.4 is 10.5 Å². The third kappa shape index (κ3) is 2.43. The molecule has 0 saturated carbocycles. The second kappa shape index (κ2) is 4.79. The summed E-state index contributed by atoms with van der Waals surface area (Å²) >= 11 is 0. The average Bonchev–Trinajstić information content (AvgIpc) is 2.38. The summed E-state index contributed by atoms with van der Waals surface area (Å²) in [6.07, 6.45) is 0. The Labute approximate surface area is 105 Å².